The van der Waals surface area contributed by atoms with Gasteiger partial charge in [0.15, 0.2) is 5.78 Å². The van der Waals surface area contributed by atoms with Crippen LogP contribution in [0.1, 0.15) is 21.5 Å². The molecule has 0 atom stereocenters. The van der Waals surface area contributed by atoms with E-state index in [1.807, 2.05) is 6.07 Å². The highest BCUT2D eigenvalue weighted by atomic mass is 127. The molecular formula is C15H11IO3. The Morgan fingerprint density at radius 3 is 2.37 bits per heavy atom. The summed E-state index contributed by atoms with van der Waals surface area (Å²) in [6, 6.07) is 14.1. The minimum Gasteiger partial charge on any atom is -0.481 e. The van der Waals surface area contributed by atoms with Gasteiger partial charge in [-0.15, -0.1) is 0 Å². The van der Waals surface area contributed by atoms with Crippen LogP contribution >= 0.6 is 22.6 Å². The molecule has 0 spiro atoms. The maximum absolute atomic E-state index is 12.4. The number of hydrogen-bond donors (Lipinski definition) is 1. The Labute approximate surface area is 124 Å². The predicted molar refractivity (Wildman–Crippen MR) is 80.4 cm³/mol. The van der Waals surface area contributed by atoms with Gasteiger partial charge in [0, 0.05) is 14.7 Å². The van der Waals surface area contributed by atoms with Crippen molar-refractivity contribution in [3.63, 3.8) is 0 Å². The van der Waals surface area contributed by atoms with E-state index in [1.54, 1.807) is 42.5 Å². The summed E-state index contributed by atoms with van der Waals surface area (Å²) in [6.07, 6.45) is -0.0774. The number of carboxylic acid groups (broad SMARTS) is 1. The van der Waals surface area contributed by atoms with Crippen LogP contribution in [-0.4, -0.2) is 16.9 Å². The lowest BCUT2D eigenvalue weighted by Gasteiger charge is -2.06. The lowest BCUT2D eigenvalue weighted by atomic mass is 10.0. The number of rotatable bonds is 4. The molecule has 2 aromatic rings. The molecule has 0 radical (unpaired) electrons. The first-order valence-electron chi connectivity index (χ1n) is 5.68. The average molecular weight is 366 g/mol. The van der Waals surface area contributed by atoms with E-state index >= 15 is 0 Å². The van der Waals surface area contributed by atoms with Crippen molar-refractivity contribution in [2.75, 3.05) is 0 Å². The predicted octanol–water partition coefficient (Wildman–Crippen LogP) is 3.15. The van der Waals surface area contributed by atoms with Crippen molar-refractivity contribution < 1.29 is 14.7 Å². The van der Waals surface area contributed by atoms with Crippen molar-refractivity contribution in [2.45, 2.75) is 6.42 Å². The number of carboxylic acids is 1. The van der Waals surface area contributed by atoms with E-state index in [4.69, 9.17) is 5.11 Å². The molecule has 0 unspecified atom stereocenters. The van der Waals surface area contributed by atoms with Gasteiger partial charge in [-0.3, -0.25) is 9.59 Å². The quantitative estimate of drug-likeness (QED) is 0.668. The van der Waals surface area contributed by atoms with E-state index in [9.17, 15) is 9.59 Å². The molecule has 96 valence electrons. The highest BCUT2D eigenvalue weighted by molar-refractivity contribution is 14.1. The van der Waals surface area contributed by atoms with Gasteiger partial charge in [0.1, 0.15) is 0 Å². The van der Waals surface area contributed by atoms with Crippen LogP contribution in [0, 0.1) is 3.57 Å². The molecule has 0 heterocycles. The molecule has 0 bridgehead atoms. The maximum atomic E-state index is 12.4. The Balaban J connectivity index is 2.38. The molecule has 0 aliphatic carbocycles. The number of carbonyl (C=O) groups is 2. The molecule has 4 heteroatoms. The summed E-state index contributed by atoms with van der Waals surface area (Å²) in [5, 5.41) is 8.80. The lowest BCUT2D eigenvalue weighted by molar-refractivity contribution is -0.136. The highest BCUT2D eigenvalue weighted by Gasteiger charge is 2.13. The Morgan fingerprint density at radius 2 is 1.74 bits per heavy atom. The van der Waals surface area contributed by atoms with Crippen molar-refractivity contribution >= 4 is 34.3 Å². The van der Waals surface area contributed by atoms with Crippen LogP contribution in [0.4, 0.5) is 0 Å². The number of carbonyl (C=O) groups excluding carboxylic acids is 1. The second-order valence-corrected chi connectivity index (χ2v) is 5.24. The van der Waals surface area contributed by atoms with Crippen LogP contribution in [0.25, 0.3) is 0 Å². The van der Waals surface area contributed by atoms with Crippen LogP contribution in [-0.2, 0) is 11.2 Å². The fraction of sp³-hybridized carbons (Fsp3) is 0.0667. The van der Waals surface area contributed by atoms with Crippen molar-refractivity contribution in [3.05, 3.63) is 68.8 Å². The third kappa shape index (κ3) is 3.41. The van der Waals surface area contributed by atoms with E-state index in [0.717, 1.165) is 3.57 Å². The highest BCUT2D eigenvalue weighted by Crippen LogP contribution is 2.19. The maximum Gasteiger partial charge on any atom is 0.307 e. The van der Waals surface area contributed by atoms with Gasteiger partial charge < -0.3 is 5.11 Å². The van der Waals surface area contributed by atoms with Crippen LogP contribution in [0.15, 0.2) is 48.5 Å². The second kappa shape index (κ2) is 5.97. The van der Waals surface area contributed by atoms with Gasteiger partial charge in [-0.1, -0.05) is 36.4 Å². The molecule has 0 aliphatic heterocycles. The van der Waals surface area contributed by atoms with E-state index < -0.39 is 5.97 Å². The van der Waals surface area contributed by atoms with E-state index in [2.05, 4.69) is 22.6 Å². The zero-order chi connectivity index (χ0) is 13.8. The molecule has 0 saturated heterocycles. The van der Waals surface area contributed by atoms with Gasteiger partial charge >= 0.3 is 5.97 Å². The van der Waals surface area contributed by atoms with Gasteiger partial charge in [0.05, 0.1) is 6.42 Å². The minimum atomic E-state index is -0.903. The first kappa shape index (κ1) is 13.7. The number of aliphatic carboxylic acids is 1. The SMILES string of the molecule is O=C(O)Cc1ccc(I)c(C(=O)c2ccccc2)c1. The molecular weight excluding hydrogens is 355 g/mol. The average Bonchev–Trinajstić information content (AvgIpc) is 2.40. The van der Waals surface area contributed by atoms with Crippen LogP contribution in [0.2, 0.25) is 0 Å². The lowest BCUT2D eigenvalue weighted by Crippen LogP contribution is -2.06. The third-order valence-corrected chi connectivity index (χ3v) is 3.61. The van der Waals surface area contributed by atoms with Gasteiger partial charge in [-0.05, 0) is 40.3 Å². The normalized spacial score (nSPS) is 10.2. The largest absolute Gasteiger partial charge is 0.481 e. The molecule has 1 N–H and O–H groups in total. The Hall–Kier alpha value is -1.69. The van der Waals surface area contributed by atoms with E-state index in [-0.39, 0.29) is 12.2 Å². The zero-order valence-corrected chi connectivity index (χ0v) is 12.1. The minimum absolute atomic E-state index is 0.0774. The van der Waals surface area contributed by atoms with Gasteiger partial charge in [-0.25, -0.2) is 0 Å². The molecule has 3 nitrogen and oxygen atoms in total. The fourth-order valence-electron chi connectivity index (χ4n) is 1.78. The van der Waals surface area contributed by atoms with Crippen LogP contribution in [0.3, 0.4) is 0 Å². The topological polar surface area (TPSA) is 54.4 Å². The first-order valence-corrected chi connectivity index (χ1v) is 6.76. The second-order valence-electron chi connectivity index (χ2n) is 4.08. The summed E-state index contributed by atoms with van der Waals surface area (Å²) in [5.41, 5.74) is 1.78. The molecule has 0 aromatic heterocycles. The van der Waals surface area contributed by atoms with Crippen molar-refractivity contribution in [2.24, 2.45) is 0 Å². The molecule has 2 rings (SSSR count). The summed E-state index contributed by atoms with van der Waals surface area (Å²) in [6.45, 7) is 0. The van der Waals surface area contributed by atoms with E-state index in [0.29, 0.717) is 16.7 Å². The molecule has 2 aromatic carbocycles. The number of ketones is 1. The standard InChI is InChI=1S/C15H11IO3/c16-13-7-6-10(9-14(17)18)8-12(13)15(19)11-4-2-1-3-5-11/h1-8H,9H2,(H,17,18). The monoisotopic (exact) mass is 366 g/mol. The van der Waals surface area contributed by atoms with Crippen molar-refractivity contribution in [1.29, 1.82) is 0 Å². The Morgan fingerprint density at radius 1 is 1.05 bits per heavy atom. The fourth-order valence-corrected chi connectivity index (χ4v) is 2.36. The Kier molecular flexibility index (Phi) is 4.31. The summed E-state index contributed by atoms with van der Waals surface area (Å²) in [5.74, 6) is -0.989. The van der Waals surface area contributed by atoms with Gasteiger partial charge in [0.25, 0.3) is 0 Å². The summed E-state index contributed by atoms with van der Waals surface area (Å²) in [7, 11) is 0. The van der Waals surface area contributed by atoms with Gasteiger partial charge in [0.2, 0.25) is 0 Å². The number of benzene rings is 2. The van der Waals surface area contributed by atoms with Crippen LogP contribution in [0.5, 0.6) is 0 Å². The number of halogens is 1. The van der Waals surface area contributed by atoms with Crippen molar-refractivity contribution in [1.82, 2.24) is 0 Å². The molecule has 0 fully saturated rings. The van der Waals surface area contributed by atoms with Crippen LogP contribution < -0.4 is 0 Å². The summed E-state index contributed by atoms with van der Waals surface area (Å²) in [4.78, 5) is 23.1. The number of hydrogen-bond acceptors (Lipinski definition) is 2. The third-order valence-electron chi connectivity index (χ3n) is 2.67. The van der Waals surface area contributed by atoms with E-state index in [1.165, 1.54) is 0 Å². The Bertz CT molecular complexity index is 621. The zero-order valence-electron chi connectivity index (χ0n) is 9.97. The van der Waals surface area contributed by atoms with Crippen molar-refractivity contribution in [3.8, 4) is 0 Å². The molecule has 0 aliphatic rings. The summed E-state index contributed by atoms with van der Waals surface area (Å²) < 4.78 is 0.820. The smallest absolute Gasteiger partial charge is 0.307 e. The molecule has 0 amide bonds. The summed E-state index contributed by atoms with van der Waals surface area (Å²) >= 11 is 2.08. The first-order chi connectivity index (χ1) is 9.08. The molecule has 19 heavy (non-hydrogen) atoms. The van der Waals surface area contributed by atoms with Gasteiger partial charge in [-0.2, -0.15) is 0 Å². The molecule has 0 saturated carbocycles.